The Morgan fingerprint density at radius 2 is 0.944 bits per heavy atom. The summed E-state index contributed by atoms with van der Waals surface area (Å²) in [7, 11) is -11.6. The molecule has 0 saturated carbocycles. The Morgan fingerprint density at radius 3 is 1.11 bits per heavy atom. The van der Waals surface area contributed by atoms with Gasteiger partial charge in [-0.2, -0.15) is 0 Å². The molecule has 0 aliphatic rings. The van der Waals surface area contributed by atoms with Gasteiger partial charge in [-0.15, -0.1) is 0 Å². The summed E-state index contributed by atoms with van der Waals surface area (Å²) in [5.74, 6) is 0. The van der Waals surface area contributed by atoms with Crippen LogP contribution in [0, 0.1) is 0 Å². The van der Waals surface area contributed by atoms with E-state index in [1.54, 1.807) is 26.2 Å². The van der Waals surface area contributed by atoms with Crippen molar-refractivity contribution in [1.82, 2.24) is 0 Å². The van der Waals surface area contributed by atoms with Gasteiger partial charge in [-0.05, 0) is 38.3 Å². The molecule has 0 aliphatic carbocycles. The molecule has 0 aromatic carbocycles. The molecule has 0 saturated heterocycles. The molecule has 0 amide bonds. The highest BCUT2D eigenvalue weighted by Gasteiger charge is 2.34. The van der Waals surface area contributed by atoms with E-state index in [-0.39, 0.29) is 0 Å². The third-order valence-corrected chi connectivity index (χ3v) is 11.5. The second-order valence-corrected chi connectivity index (χ2v) is 17.8. The van der Waals surface area contributed by atoms with Gasteiger partial charge in [-0.25, -0.2) is 16.8 Å². The number of rotatable bonds is 7. The predicted octanol–water partition coefficient (Wildman–Crippen LogP) is 1.35. The van der Waals surface area contributed by atoms with Crippen molar-refractivity contribution in [2.45, 2.75) is 38.3 Å². The zero-order valence-electron chi connectivity index (χ0n) is 11.7. The van der Waals surface area contributed by atoms with E-state index in [4.69, 9.17) is 7.74 Å². The van der Waals surface area contributed by atoms with Gasteiger partial charge in [0.05, 0.1) is 12.5 Å². The van der Waals surface area contributed by atoms with Crippen molar-refractivity contribution in [1.29, 1.82) is 0 Å². The predicted molar refractivity (Wildman–Crippen MR) is 76.4 cm³/mol. The van der Waals surface area contributed by atoms with Crippen LogP contribution < -0.4 is 0 Å². The van der Waals surface area contributed by atoms with Gasteiger partial charge >= 0.3 is 0 Å². The van der Waals surface area contributed by atoms with Crippen molar-refractivity contribution in [2.24, 2.45) is 0 Å². The summed E-state index contributed by atoms with van der Waals surface area (Å²) in [5, 5.41) is 0. The van der Waals surface area contributed by atoms with Crippen LogP contribution in [0.3, 0.4) is 0 Å². The number of hydrogen-bond donors (Lipinski definition) is 0. The summed E-state index contributed by atoms with van der Waals surface area (Å²) < 4.78 is 54.5. The van der Waals surface area contributed by atoms with Gasteiger partial charge in [-0.3, -0.25) is 0 Å². The van der Waals surface area contributed by atoms with E-state index in [1.807, 2.05) is 0 Å². The molecule has 0 heterocycles. The monoisotopic (exact) mass is 334 g/mol. The molecule has 0 aromatic rings. The Kier molecular flexibility index (Phi) is 5.79. The first-order valence-corrected chi connectivity index (χ1v) is 15.3. The van der Waals surface area contributed by atoms with Crippen molar-refractivity contribution >= 4 is 36.9 Å². The quantitative estimate of drug-likeness (QED) is 0.653. The molecule has 10 heteroatoms. The molecule has 0 fully saturated rings. The smallest absolute Gasteiger partial charge is 0.254 e. The summed E-state index contributed by atoms with van der Waals surface area (Å²) in [6.07, 6.45) is 2.05. The van der Waals surface area contributed by atoms with Gasteiger partial charge in [0.1, 0.15) is 0 Å². The van der Waals surface area contributed by atoms with Crippen LogP contribution in [0.4, 0.5) is 0 Å². The van der Waals surface area contributed by atoms with Crippen LogP contribution in [-0.4, -0.2) is 46.0 Å². The second kappa shape index (κ2) is 5.71. The Bertz CT molecular complexity index is 434. The third kappa shape index (κ3) is 10.2. The fraction of sp³-hybridized carbons (Fsp3) is 1.00. The summed E-state index contributed by atoms with van der Waals surface area (Å²) >= 11 is 0. The van der Waals surface area contributed by atoms with Crippen molar-refractivity contribution < 1.29 is 24.6 Å². The maximum Gasteiger partial charge on any atom is 0.254 e. The maximum absolute atomic E-state index is 11.1. The summed E-state index contributed by atoms with van der Waals surface area (Å²) in [6.45, 7) is 7.16. The molecule has 0 aliphatic heterocycles. The lowest BCUT2D eigenvalue weighted by molar-refractivity contribution is 0.479. The van der Waals surface area contributed by atoms with E-state index >= 15 is 0 Å². The SMILES string of the molecule is C[Si](C)(CC[Si](C)(C)OS(C)(=O)=O)OS(C)(=O)=O. The Morgan fingerprint density at radius 1 is 0.722 bits per heavy atom. The highest BCUT2D eigenvalue weighted by Crippen LogP contribution is 2.24. The van der Waals surface area contributed by atoms with Crippen LogP contribution in [0.25, 0.3) is 0 Å². The largest absolute Gasteiger partial charge is 0.315 e. The highest BCUT2D eigenvalue weighted by molar-refractivity contribution is 7.87. The third-order valence-electron chi connectivity index (χ3n) is 2.08. The first-order valence-electron chi connectivity index (χ1n) is 5.43. The minimum atomic E-state index is -3.47. The van der Waals surface area contributed by atoms with Crippen LogP contribution in [0.5, 0.6) is 0 Å². The molecular weight excluding hydrogens is 312 g/mol. The van der Waals surface area contributed by atoms with E-state index < -0.39 is 36.9 Å². The normalized spacial score (nSPS) is 14.8. The van der Waals surface area contributed by atoms with Crippen molar-refractivity contribution in [3.05, 3.63) is 0 Å². The lowest BCUT2D eigenvalue weighted by Crippen LogP contribution is -2.39. The first kappa shape index (κ1) is 18.3. The molecule has 0 radical (unpaired) electrons. The maximum atomic E-state index is 11.1. The fourth-order valence-corrected chi connectivity index (χ4v) is 13.5. The molecule has 0 unspecified atom stereocenters. The number of hydrogen-bond acceptors (Lipinski definition) is 6. The fourth-order valence-electron chi connectivity index (χ4n) is 1.50. The zero-order valence-corrected chi connectivity index (χ0v) is 15.3. The minimum Gasteiger partial charge on any atom is -0.315 e. The minimum absolute atomic E-state index is 0.550. The molecule has 0 N–H and O–H groups in total. The molecule has 0 atom stereocenters. The van der Waals surface area contributed by atoms with E-state index in [2.05, 4.69) is 0 Å². The standard InChI is InChI=1S/C8H22O6S2Si2/c1-15(9,10)13-17(3,4)7-8-18(5,6)14-16(2,11)12/h7-8H2,1-6H3. The first-order chi connectivity index (χ1) is 7.62. The molecule has 6 nitrogen and oxygen atoms in total. The summed E-state index contributed by atoms with van der Waals surface area (Å²) in [5.41, 5.74) is 0. The van der Waals surface area contributed by atoms with Gasteiger partial charge in [0, 0.05) is 0 Å². The second-order valence-electron chi connectivity index (χ2n) is 5.59. The van der Waals surface area contributed by atoms with Crippen molar-refractivity contribution in [3.8, 4) is 0 Å². The highest BCUT2D eigenvalue weighted by atomic mass is 32.2. The molecule has 0 spiro atoms. The molecule has 110 valence electrons. The molecule has 0 rings (SSSR count). The molecule has 0 bridgehead atoms. The molecular formula is C8H22O6S2Si2. The Balaban J connectivity index is 4.57. The molecule has 18 heavy (non-hydrogen) atoms. The van der Waals surface area contributed by atoms with Crippen LogP contribution in [-0.2, 0) is 28.0 Å². The van der Waals surface area contributed by atoms with Crippen LogP contribution in [0.1, 0.15) is 0 Å². The van der Waals surface area contributed by atoms with Gasteiger partial charge in [-0.1, -0.05) is 0 Å². The van der Waals surface area contributed by atoms with E-state index in [0.29, 0.717) is 12.1 Å². The van der Waals surface area contributed by atoms with E-state index in [1.165, 1.54) is 0 Å². The average molecular weight is 335 g/mol. The van der Waals surface area contributed by atoms with Gasteiger partial charge in [0.25, 0.3) is 20.2 Å². The van der Waals surface area contributed by atoms with Gasteiger partial charge in [0.2, 0.25) is 16.6 Å². The Labute approximate surface area is 112 Å². The van der Waals surface area contributed by atoms with E-state index in [0.717, 1.165) is 12.5 Å². The van der Waals surface area contributed by atoms with Gasteiger partial charge in [0.15, 0.2) is 0 Å². The Hall–Kier alpha value is 0.254. The van der Waals surface area contributed by atoms with Gasteiger partial charge < -0.3 is 7.74 Å². The van der Waals surface area contributed by atoms with E-state index in [9.17, 15) is 16.8 Å². The van der Waals surface area contributed by atoms with Crippen LogP contribution in [0.2, 0.25) is 38.3 Å². The summed E-state index contributed by atoms with van der Waals surface area (Å²) in [4.78, 5) is 0. The topological polar surface area (TPSA) is 86.7 Å². The van der Waals surface area contributed by atoms with Crippen molar-refractivity contribution in [2.75, 3.05) is 12.5 Å². The van der Waals surface area contributed by atoms with Crippen LogP contribution >= 0.6 is 0 Å². The lowest BCUT2D eigenvalue weighted by atomic mass is 10.9. The zero-order chi connectivity index (χ0) is 14.8. The average Bonchev–Trinajstić information content (AvgIpc) is 1.91. The lowest BCUT2D eigenvalue weighted by Gasteiger charge is -2.26. The molecule has 0 aromatic heterocycles. The van der Waals surface area contributed by atoms with Crippen molar-refractivity contribution in [3.63, 3.8) is 0 Å². The summed E-state index contributed by atoms with van der Waals surface area (Å²) in [6, 6.07) is 1.10. The van der Waals surface area contributed by atoms with Crippen LogP contribution in [0.15, 0.2) is 0 Å².